The summed E-state index contributed by atoms with van der Waals surface area (Å²) in [6.07, 6.45) is 6.31. The molecule has 12 heavy (non-hydrogen) atoms. The normalized spacial score (nSPS) is 28.3. The van der Waals surface area contributed by atoms with E-state index in [4.69, 9.17) is 0 Å². The van der Waals surface area contributed by atoms with Gasteiger partial charge in [-0.2, -0.15) is 0 Å². The van der Waals surface area contributed by atoms with Crippen LogP contribution in [0.4, 0.5) is 0 Å². The minimum absolute atomic E-state index is 0.0422. The van der Waals surface area contributed by atoms with Crippen molar-refractivity contribution >= 4 is 29.8 Å². The van der Waals surface area contributed by atoms with E-state index in [0.717, 1.165) is 12.3 Å². The third-order valence-corrected chi connectivity index (χ3v) is 5.63. The van der Waals surface area contributed by atoms with Gasteiger partial charge in [0.1, 0.15) is 10.4 Å². The SMILES string of the molecule is O=CC1(CC2CC2)SCCCS1. The summed E-state index contributed by atoms with van der Waals surface area (Å²) in [6, 6.07) is 0. The lowest BCUT2D eigenvalue weighted by atomic mass is 10.2. The van der Waals surface area contributed by atoms with Crippen molar-refractivity contribution < 1.29 is 4.79 Å². The lowest BCUT2D eigenvalue weighted by Gasteiger charge is -2.30. The van der Waals surface area contributed by atoms with Crippen LogP contribution in [0.1, 0.15) is 25.7 Å². The van der Waals surface area contributed by atoms with Crippen molar-refractivity contribution in [2.45, 2.75) is 29.8 Å². The van der Waals surface area contributed by atoms with E-state index in [2.05, 4.69) is 0 Å². The summed E-state index contributed by atoms with van der Waals surface area (Å²) in [5.74, 6) is 3.23. The molecular weight excluding hydrogens is 188 g/mol. The summed E-state index contributed by atoms with van der Waals surface area (Å²) >= 11 is 3.75. The van der Waals surface area contributed by atoms with Gasteiger partial charge < -0.3 is 4.79 Å². The molecule has 68 valence electrons. The van der Waals surface area contributed by atoms with Gasteiger partial charge in [0.15, 0.2) is 0 Å². The van der Waals surface area contributed by atoms with Crippen LogP contribution in [0.15, 0.2) is 0 Å². The van der Waals surface area contributed by atoms with Crippen molar-refractivity contribution in [3.63, 3.8) is 0 Å². The zero-order chi connectivity index (χ0) is 8.44. The van der Waals surface area contributed by atoms with E-state index in [0.29, 0.717) is 0 Å². The van der Waals surface area contributed by atoms with Gasteiger partial charge in [-0.15, -0.1) is 23.5 Å². The molecular formula is C9H14OS2. The Labute approximate surface area is 82.1 Å². The zero-order valence-electron chi connectivity index (χ0n) is 7.12. The van der Waals surface area contributed by atoms with E-state index in [1.54, 1.807) is 0 Å². The fourth-order valence-corrected chi connectivity index (χ4v) is 4.68. The van der Waals surface area contributed by atoms with Crippen molar-refractivity contribution in [1.29, 1.82) is 0 Å². The summed E-state index contributed by atoms with van der Waals surface area (Å²) in [5, 5.41) is 0. The molecule has 2 fully saturated rings. The van der Waals surface area contributed by atoms with Crippen LogP contribution >= 0.6 is 23.5 Å². The fourth-order valence-electron chi connectivity index (χ4n) is 1.55. The standard InChI is InChI=1S/C9H14OS2/c10-7-9(6-8-2-3-8)11-4-1-5-12-9/h7-8H,1-6H2. The highest BCUT2D eigenvalue weighted by molar-refractivity contribution is 8.19. The highest BCUT2D eigenvalue weighted by atomic mass is 32.2. The Bertz CT molecular complexity index is 171. The molecule has 0 atom stereocenters. The van der Waals surface area contributed by atoms with Gasteiger partial charge in [0.2, 0.25) is 0 Å². The molecule has 0 amide bonds. The van der Waals surface area contributed by atoms with Crippen LogP contribution in [0.25, 0.3) is 0 Å². The monoisotopic (exact) mass is 202 g/mol. The highest BCUT2D eigenvalue weighted by Gasteiger charge is 2.39. The van der Waals surface area contributed by atoms with Gasteiger partial charge in [-0.25, -0.2) is 0 Å². The Kier molecular flexibility index (Phi) is 2.70. The van der Waals surface area contributed by atoms with Gasteiger partial charge in [0.25, 0.3) is 0 Å². The molecule has 2 aliphatic rings. The van der Waals surface area contributed by atoms with Gasteiger partial charge >= 0.3 is 0 Å². The van der Waals surface area contributed by atoms with Crippen molar-refractivity contribution in [2.24, 2.45) is 5.92 Å². The first-order chi connectivity index (χ1) is 5.85. The molecule has 0 spiro atoms. The van der Waals surface area contributed by atoms with E-state index in [-0.39, 0.29) is 4.08 Å². The predicted molar refractivity (Wildman–Crippen MR) is 55.7 cm³/mol. The summed E-state index contributed by atoms with van der Waals surface area (Å²) in [5.41, 5.74) is 0. The molecule has 0 aromatic carbocycles. The van der Waals surface area contributed by atoms with Crippen molar-refractivity contribution in [1.82, 2.24) is 0 Å². The second-order valence-corrected chi connectivity index (χ2v) is 6.74. The number of carbonyl (C=O) groups is 1. The van der Waals surface area contributed by atoms with Crippen LogP contribution in [0, 0.1) is 5.92 Å². The summed E-state index contributed by atoms with van der Waals surface area (Å²) in [7, 11) is 0. The van der Waals surface area contributed by atoms with Crippen LogP contribution in [0.2, 0.25) is 0 Å². The number of carbonyl (C=O) groups excluding carboxylic acids is 1. The minimum Gasteiger partial charge on any atom is -0.301 e. The Balaban J connectivity index is 1.94. The predicted octanol–water partition coefficient (Wildman–Crippen LogP) is 2.55. The molecule has 0 aromatic heterocycles. The van der Waals surface area contributed by atoms with Gasteiger partial charge in [0, 0.05) is 0 Å². The Morgan fingerprint density at radius 2 is 2.00 bits per heavy atom. The number of thioether (sulfide) groups is 2. The average Bonchev–Trinajstić information content (AvgIpc) is 2.90. The van der Waals surface area contributed by atoms with Gasteiger partial charge in [0.05, 0.1) is 0 Å². The fraction of sp³-hybridized carbons (Fsp3) is 0.889. The molecule has 1 saturated heterocycles. The van der Waals surface area contributed by atoms with Crippen molar-refractivity contribution in [3.8, 4) is 0 Å². The van der Waals surface area contributed by atoms with Gasteiger partial charge in [-0.05, 0) is 30.3 Å². The summed E-state index contributed by atoms with van der Waals surface area (Å²) < 4.78 is -0.0422. The molecule has 1 aliphatic carbocycles. The first-order valence-electron chi connectivity index (χ1n) is 4.59. The maximum absolute atomic E-state index is 11.0. The smallest absolute Gasteiger partial charge is 0.146 e. The van der Waals surface area contributed by atoms with Gasteiger partial charge in [-0.3, -0.25) is 0 Å². The quantitative estimate of drug-likeness (QED) is 0.655. The van der Waals surface area contributed by atoms with E-state index in [9.17, 15) is 4.79 Å². The lowest BCUT2D eigenvalue weighted by molar-refractivity contribution is -0.108. The van der Waals surface area contributed by atoms with Crippen LogP contribution in [-0.4, -0.2) is 21.9 Å². The van der Waals surface area contributed by atoms with Gasteiger partial charge in [-0.1, -0.05) is 12.8 Å². The van der Waals surface area contributed by atoms with Crippen LogP contribution in [0.3, 0.4) is 0 Å². The Hall–Kier alpha value is 0.370. The third kappa shape index (κ3) is 1.99. The molecule has 0 bridgehead atoms. The molecule has 1 saturated carbocycles. The summed E-state index contributed by atoms with van der Waals surface area (Å²) in [4.78, 5) is 11.0. The molecule has 0 unspecified atom stereocenters. The average molecular weight is 202 g/mol. The van der Waals surface area contributed by atoms with E-state index >= 15 is 0 Å². The number of rotatable bonds is 3. The molecule has 0 radical (unpaired) electrons. The lowest BCUT2D eigenvalue weighted by Crippen LogP contribution is -2.27. The maximum Gasteiger partial charge on any atom is 0.146 e. The molecule has 0 N–H and O–H groups in total. The number of hydrogen-bond acceptors (Lipinski definition) is 3. The number of hydrogen-bond donors (Lipinski definition) is 0. The topological polar surface area (TPSA) is 17.1 Å². The Morgan fingerprint density at radius 1 is 1.33 bits per heavy atom. The van der Waals surface area contributed by atoms with E-state index < -0.39 is 0 Å². The second kappa shape index (κ2) is 3.62. The largest absolute Gasteiger partial charge is 0.301 e. The first kappa shape index (κ1) is 8.95. The molecule has 1 nitrogen and oxygen atoms in total. The van der Waals surface area contributed by atoms with Crippen LogP contribution < -0.4 is 0 Å². The minimum atomic E-state index is -0.0422. The van der Waals surface area contributed by atoms with Crippen LogP contribution in [-0.2, 0) is 4.79 Å². The third-order valence-electron chi connectivity index (χ3n) is 2.43. The molecule has 2 rings (SSSR count). The van der Waals surface area contributed by atoms with Crippen molar-refractivity contribution in [3.05, 3.63) is 0 Å². The first-order valence-corrected chi connectivity index (χ1v) is 6.56. The van der Waals surface area contributed by atoms with E-state index in [1.165, 1.54) is 37.1 Å². The van der Waals surface area contributed by atoms with E-state index in [1.807, 2.05) is 23.5 Å². The second-order valence-electron chi connectivity index (χ2n) is 3.63. The molecule has 1 aliphatic heterocycles. The molecule has 1 heterocycles. The Morgan fingerprint density at radius 3 is 2.50 bits per heavy atom. The van der Waals surface area contributed by atoms with Crippen molar-refractivity contribution in [2.75, 3.05) is 11.5 Å². The van der Waals surface area contributed by atoms with Crippen LogP contribution in [0.5, 0.6) is 0 Å². The zero-order valence-corrected chi connectivity index (χ0v) is 8.76. The maximum atomic E-state index is 11.0. The molecule has 3 heteroatoms. The highest BCUT2D eigenvalue weighted by Crippen LogP contribution is 2.49. The molecule has 0 aromatic rings. The summed E-state index contributed by atoms with van der Waals surface area (Å²) in [6.45, 7) is 0. The number of aldehydes is 1.